The lowest BCUT2D eigenvalue weighted by atomic mass is 9.75. The lowest BCUT2D eigenvalue weighted by Crippen LogP contribution is -2.30. The number of aryl methyl sites for hydroxylation is 1. The van der Waals surface area contributed by atoms with Gasteiger partial charge in [-0.15, -0.1) is 0 Å². The van der Waals surface area contributed by atoms with Crippen LogP contribution in [0.15, 0.2) is 60.7 Å². The molecule has 0 radical (unpaired) electrons. The van der Waals surface area contributed by atoms with Crippen molar-refractivity contribution < 1.29 is 0 Å². The first-order valence-corrected chi connectivity index (χ1v) is 9.49. The fraction of sp³-hybridized carbons (Fsp3) is 0.478. The first-order valence-electron chi connectivity index (χ1n) is 9.49. The first kappa shape index (κ1) is 17.2. The Balaban J connectivity index is 1.53. The van der Waals surface area contributed by atoms with Crippen LogP contribution in [0.25, 0.3) is 0 Å². The summed E-state index contributed by atoms with van der Waals surface area (Å²) in [4.78, 5) is 2.42. The van der Waals surface area contributed by atoms with Gasteiger partial charge in [0.15, 0.2) is 0 Å². The van der Waals surface area contributed by atoms with Gasteiger partial charge in [0.05, 0.1) is 0 Å². The Kier molecular flexibility index (Phi) is 6.09. The van der Waals surface area contributed by atoms with Crippen LogP contribution in [0, 0.1) is 11.8 Å². The van der Waals surface area contributed by atoms with E-state index in [-0.39, 0.29) is 0 Å². The molecule has 1 atom stereocenters. The Labute approximate surface area is 147 Å². The van der Waals surface area contributed by atoms with Crippen LogP contribution in [0.1, 0.15) is 49.3 Å². The zero-order valence-corrected chi connectivity index (χ0v) is 15.2. The molecule has 0 aromatic heterocycles. The van der Waals surface area contributed by atoms with Gasteiger partial charge in [-0.1, -0.05) is 73.5 Å². The maximum Gasteiger partial charge on any atom is 0.0370 e. The third-order valence-electron chi connectivity index (χ3n) is 5.72. The van der Waals surface area contributed by atoms with Crippen LogP contribution in [-0.4, -0.2) is 19.0 Å². The minimum atomic E-state index is 0.571. The quantitative estimate of drug-likeness (QED) is 0.657. The Hall–Kier alpha value is -1.60. The second kappa shape index (κ2) is 8.48. The molecule has 0 bridgehead atoms. The summed E-state index contributed by atoms with van der Waals surface area (Å²) in [7, 11) is 4.47. The highest BCUT2D eigenvalue weighted by molar-refractivity contribution is 5.20. The van der Waals surface area contributed by atoms with E-state index < -0.39 is 0 Å². The van der Waals surface area contributed by atoms with Gasteiger partial charge >= 0.3 is 0 Å². The molecule has 1 aliphatic rings. The molecular formula is C23H31N. The maximum absolute atomic E-state index is 2.42. The summed E-state index contributed by atoms with van der Waals surface area (Å²) < 4.78 is 0. The number of rotatable bonds is 6. The van der Waals surface area contributed by atoms with Gasteiger partial charge in [0.2, 0.25) is 0 Å². The smallest absolute Gasteiger partial charge is 0.0370 e. The largest absolute Gasteiger partial charge is 0.302 e. The first-order chi connectivity index (χ1) is 11.7. The van der Waals surface area contributed by atoms with E-state index in [1.54, 1.807) is 0 Å². The van der Waals surface area contributed by atoms with Crippen LogP contribution in [0.3, 0.4) is 0 Å². The Morgan fingerprint density at radius 2 is 1.42 bits per heavy atom. The molecule has 3 rings (SSSR count). The standard InChI is InChI=1S/C23H31N/c1-24(2)23(21-11-7-4-8-12-21)22-17-15-20(16-18-22)14-13-19-9-5-3-6-10-19/h3-12,20,22-23H,13-18H2,1-2H3. The van der Waals surface area contributed by atoms with E-state index in [0.717, 1.165) is 11.8 Å². The molecule has 1 unspecified atom stereocenters. The van der Waals surface area contributed by atoms with Crippen molar-refractivity contribution in [2.24, 2.45) is 11.8 Å². The summed E-state index contributed by atoms with van der Waals surface area (Å²) in [5.74, 6) is 1.72. The van der Waals surface area contributed by atoms with Crippen molar-refractivity contribution in [2.75, 3.05) is 14.1 Å². The Morgan fingerprint density at radius 1 is 0.833 bits per heavy atom. The normalized spacial score (nSPS) is 22.5. The molecule has 1 nitrogen and oxygen atoms in total. The SMILES string of the molecule is CN(C)C(c1ccccc1)C1CCC(CCc2ccccc2)CC1. The second-order valence-electron chi connectivity index (χ2n) is 7.62. The van der Waals surface area contributed by atoms with Gasteiger partial charge in [-0.2, -0.15) is 0 Å². The zero-order valence-electron chi connectivity index (χ0n) is 15.2. The van der Waals surface area contributed by atoms with Crippen molar-refractivity contribution in [2.45, 2.75) is 44.6 Å². The van der Waals surface area contributed by atoms with E-state index in [0.29, 0.717) is 6.04 Å². The molecule has 0 heterocycles. The Morgan fingerprint density at radius 3 is 2.00 bits per heavy atom. The molecule has 1 heteroatoms. The molecular weight excluding hydrogens is 290 g/mol. The lowest BCUT2D eigenvalue weighted by Gasteiger charge is -2.37. The fourth-order valence-electron chi connectivity index (χ4n) is 4.45. The summed E-state index contributed by atoms with van der Waals surface area (Å²) in [5, 5.41) is 0. The van der Waals surface area contributed by atoms with Gasteiger partial charge in [-0.05, 0) is 62.7 Å². The number of hydrogen-bond donors (Lipinski definition) is 0. The van der Waals surface area contributed by atoms with Crippen LogP contribution in [0.4, 0.5) is 0 Å². The highest BCUT2D eigenvalue weighted by Gasteiger charge is 2.29. The minimum absolute atomic E-state index is 0.571. The van der Waals surface area contributed by atoms with E-state index in [9.17, 15) is 0 Å². The van der Waals surface area contributed by atoms with Crippen molar-refractivity contribution in [1.29, 1.82) is 0 Å². The van der Waals surface area contributed by atoms with Gasteiger partial charge < -0.3 is 4.90 Å². The van der Waals surface area contributed by atoms with E-state index in [2.05, 4.69) is 79.7 Å². The molecule has 0 saturated heterocycles. The average molecular weight is 322 g/mol. The number of benzene rings is 2. The van der Waals surface area contributed by atoms with Gasteiger partial charge in [0, 0.05) is 6.04 Å². The van der Waals surface area contributed by atoms with Gasteiger partial charge in [-0.3, -0.25) is 0 Å². The third kappa shape index (κ3) is 4.48. The highest BCUT2D eigenvalue weighted by atomic mass is 15.1. The molecule has 1 saturated carbocycles. The van der Waals surface area contributed by atoms with Crippen LogP contribution < -0.4 is 0 Å². The molecule has 0 amide bonds. The summed E-state index contributed by atoms with van der Waals surface area (Å²) in [6, 6.07) is 22.6. The molecule has 2 aromatic carbocycles. The second-order valence-corrected chi connectivity index (χ2v) is 7.62. The van der Waals surface area contributed by atoms with Crippen molar-refractivity contribution in [1.82, 2.24) is 4.90 Å². The summed E-state index contributed by atoms with van der Waals surface area (Å²) >= 11 is 0. The van der Waals surface area contributed by atoms with Crippen molar-refractivity contribution in [3.63, 3.8) is 0 Å². The van der Waals surface area contributed by atoms with E-state index in [1.165, 1.54) is 49.7 Å². The molecule has 0 N–H and O–H groups in total. The topological polar surface area (TPSA) is 3.24 Å². The maximum atomic E-state index is 2.42. The number of nitrogens with zero attached hydrogens (tertiary/aromatic N) is 1. The highest BCUT2D eigenvalue weighted by Crippen LogP contribution is 2.40. The van der Waals surface area contributed by atoms with Crippen LogP contribution >= 0.6 is 0 Å². The molecule has 2 aromatic rings. The fourth-order valence-corrected chi connectivity index (χ4v) is 4.45. The predicted molar refractivity (Wildman–Crippen MR) is 103 cm³/mol. The van der Waals surface area contributed by atoms with Crippen LogP contribution in [0.2, 0.25) is 0 Å². The van der Waals surface area contributed by atoms with Crippen molar-refractivity contribution in [3.05, 3.63) is 71.8 Å². The summed E-state index contributed by atoms with van der Waals surface area (Å²) in [6.07, 6.45) is 8.14. The zero-order chi connectivity index (χ0) is 16.8. The lowest BCUT2D eigenvalue weighted by molar-refractivity contribution is 0.146. The molecule has 1 aliphatic carbocycles. The monoisotopic (exact) mass is 321 g/mol. The summed E-state index contributed by atoms with van der Waals surface area (Å²) in [6.45, 7) is 0. The van der Waals surface area contributed by atoms with E-state index >= 15 is 0 Å². The van der Waals surface area contributed by atoms with E-state index in [1.807, 2.05) is 0 Å². The van der Waals surface area contributed by atoms with Crippen LogP contribution in [0.5, 0.6) is 0 Å². The third-order valence-corrected chi connectivity index (χ3v) is 5.72. The minimum Gasteiger partial charge on any atom is -0.302 e. The molecule has 128 valence electrons. The molecule has 0 spiro atoms. The van der Waals surface area contributed by atoms with Gasteiger partial charge in [-0.25, -0.2) is 0 Å². The van der Waals surface area contributed by atoms with Crippen LogP contribution in [-0.2, 0) is 6.42 Å². The van der Waals surface area contributed by atoms with Gasteiger partial charge in [0.25, 0.3) is 0 Å². The summed E-state index contributed by atoms with van der Waals surface area (Å²) in [5.41, 5.74) is 2.98. The van der Waals surface area contributed by atoms with Crippen molar-refractivity contribution >= 4 is 0 Å². The molecule has 0 aliphatic heterocycles. The number of hydrogen-bond acceptors (Lipinski definition) is 1. The van der Waals surface area contributed by atoms with Crippen molar-refractivity contribution in [3.8, 4) is 0 Å². The van der Waals surface area contributed by atoms with Gasteiger partial charge in [0.1, 0.15) is 0 Å². The van der Waals surface area contributed by atoms with E-state index in [4.69, 9.17) is 0 Å². The predicted octanol–water partition coefficient (Wildman–Crippen LogP) is 5.73. The molecule has 24 heavy (non-hydrogen) atoms. The average Bonchev–Trinajstić information content (AvgIpc) is 2.63. The molecule has 1 fully saturated rings. The Bertz CT molecular complexity index is 582.